The second-order valence-electron chi connectivity index (χ2n) is 3.47. The molecular formula is C12H17Br. The maximum absolute atomic E-state index is 3.48. The van der Waals surface area contributed by atoms with Crippen LogP contribution in [-0.2, 0) is 6.42 Å². The van der Waals surface area contributed by atoms with Gasteiger partial charge in [-0.1, -0.05) is 54.0 Å². The molecule has 0 amide bonds. The fourth-order valence-corrected chi connectivity index (χ4v) is 2.10. The first kappa shape index (κ1) is 10.8. The van der Waals surface area contributed by atoms with E-state index >= 15 is 0 Å². The summed E-state index contributed by atoms with van der Waals surface area (Å²) in [4.78, 5) is 0. The maximum Gasteiger partial charge on any atom is 0.00370 e. The smallest absolute Gasteiger partial charge is 0.00370 e. The third kappa shape index (κ3) is 3.15. The van der Waals surface area contributed by atoms with Crippen molar-refractivity contribution in [2.24, 2.45) is 0 Å². The summed E-state index contributed by atoms with van der Waals surface area (Å²) in [5, 5.41) is 1.09. The maximum atomic E-state index is 3.48. The Balaban J connectivity index is 2.67. The minimum absolute atomic E-state index is 0.672. The summed E-state index contributed by atoms with van der Waals surface area (Å²) in [6.45, 7) is 4.47. The zero-order chi connectivity index (χ0) is 9.68. The van der Waals surface area contributed by atoms with Crippen molar-refractivity contribution < 1.29 is 0 Å². The van der Waals surface area contributed by atoms with Crippen LogP contribution < -0.4 is 0 Å². The molecule has 72 valence electrons. The van der Waals surface area contributed by atoms with E-state index in [1.54, 1.807) is 0 Å². The van der Waals surface area contributed by atoms with Gasteiger partial charge in [0.2, 0.25) is 0 Å². The van der Waals surface area contributed by atoms with Crippen LogP contribution in [0.3, 0.4) is 0 Å². The van der Waals surface area contributed by atoms with Crippen molar-refractivity contribution in [2.75, 3.05) is 5.33 Å². The first-order valence-corrected chi connectivity index (χ1v) is 6.05. The summed E-state index contributed by atoms with van der Waals surface area (Å²) in [6.07, 6.45) is 2.35. The van der Waals surface area contributed by atoms with E-state index in [0.29, 0.717) is 5.92 Å². The Bertz CT molecular complexity index is 238. The lowest BCUT2D eigenvalue weighted by Gasteiger charge is -2.10. The minimum Gasteiger partial charge on any atom is -0.0928 e. The molecule has 0 fully saturated rings. The number of aryl methyl sites for hydroxylation is 1. The molecule has 0 radical (unpaired) electrons. The molecule has 0 saturated heterocycles. The number of hydrogen-bond acceptors (Lipinski definition) is 0. The van der Waals surface area contributed by atoms with Crippen molar-refractivity contribution in [3.8, 4) is 0 Å². The van der Waals surface area contributed by atoms with Gasteiger partial charge in [0.25, 0.3) is 0 Å². The molecule has 0 aromatic heterocycles. The molecule has 1 heteroatoms. The average Bonchev–Trinajstić information content (AvgIpc) is 2.18. The van der Waals surface area contributed by atoms with E-state index in [9.17, 15) is 0 Å². The van der Waals surface area contributed by atoms with Crippen LogP contribution in [-0.4, -0.2) is 5.33 Å². The second kappa shape index (κ2) is 5.43. The fourth-order valence-electron chi connectivity index (χ4n) is 1.41. The molecule has 0 aliphatic rings. The Kier molecular flexibility index (Phi) is 4.51. The van der Waals surface area contributed by atoms with E-state index in [0.717, 1.165) is 11.8 Å². The first-order chi connectivity index (χ1) is 6.27. The molecule has 0 spiro atoms. The Hall–Kier alpha value is -0.300. The van der Waals surface area contributed by atoms with Gasteiger partial charge in [-0.2, -0.15) is 0 Å². The molecule has 1 atom stereocenters. The van der Waals surface area contributed by atoms with Crippen molar-refractivity contribution in [1.29, 1.82) is 0 Å². The highest BCUT2D eigenvalue weighted by molar-refractivity contribution is 9.09. The molecule has 0 heterocycles. The molecule has 1 aromatic carbocycles. The van der Waals surface area contributed by atoms with E-state index in [4.69, 9.17) is 0 Å². The number of benzene rings is 1. The van der Waals surface area contributed by atoms with Crippen LogP contribution in [0.2, 0.25) is 0 Å². The van der Waals surface area contributed by atoms with Gasteiger partial charge in [-0.15, -0.1) is 0 Å². The van der Waals surface area contributed by atoms with Gasteiger partial charge < -0.3 is 0 Å². The predicted octanol–water partition coefficient (Wildman–Crippen LogP) is 4.14. The number of halogens is 1. The van der Waals surface area contributed by atoms with Gasteiger partial charge in [-0.3, -0.25) is 0 Å². The second-order valence-corrected chi connectivity index (χ2v) is 4.27. The Labute approximate surface area is 89.5 Å². The molecule has 0 nitrogen and oxygen atoms in total. The predicted molar refractivity (Wildman–Crippen MR) is 62.6 cm³/mol. The zero-order valence-electron chi connectivity index (χ0n) is 8.39. The van der Waals surface area contributed by atoms with Gasteiger partial charge in [0, 0.05) is 5.33 Å². The average molecular weight is 241 g/mol. The van der Waals surface area contributed by atoms with Crippen LogP contribution in [0.25, 0.3) is 0 Å². The van der Waals surface area contributed by atoms with Crippen molar-refractivity contribution in [3.05, 3.63) is 35.4 Å². The van der Waals surface area contributed by atoms with Crippen LogP contribution in [0.4, 0.5) is 0 Å². The summed E-state index contributed by atoms with van der Waals surface area (Å²) in [5.41, 5.74) is 2.88. The van der Waals surface area contributed by atoms with E-state index in [1.807, 2.05) is 0 Å². The summed E-state index contributed by atoms with van der Waals surface area (Å²) in [7, 11) is 0. The van der Waals surface area contributed by atoms with E-state index in [-0.39, 0.29) is 0 Å². The zero-order valence-corrected chi connectivity index (χ0v) is 9.97. The van der Waals surface area contributed by atoms with Crippen LogP contribution in [0.5, 0.6) is 0 Å². The molecule has 13 heavy (non-hydrogen) atoms. The van der Waals surface area contributed by atoms with E-state index < -0.39 is 0 Å². The molecule has 0 aliphatic carbocycles. The molecule has 1 rings (SSSR count). The lowest BCUT2D eigenvalue weighted by atomic mass is 9.97. The van der Waals surface area contributed by atoms with Crippen molar-refractivity contribution in [1.82, 2.24) is 0 Å². The Morgan fingerprint density at radius 3 is 2.31 bits per heavy atom. The summed E-state index contributed by atoms with van der Waals surface area (Å²) >= 11 is 3.48. The van der Waals surface area contributed by atoms with Crippen LogP contribution in [0.15, 0.2) is 24.3 Å². The molecular weight excluding hydrogens is 224 g/mol. The highest BCUT2D eigenvalue weighted by atomic mass is 79.9. The van der Waals surface area contributed by atoms with Crippen molar-refractivity contribution in [3.63, 3.8) is 0 Å². The van der Waals surface area contributed by atoms with Crippen molar-refractivity contribution in [2.45, 2.75) is 32.6 Å². The van der Waals surface area contributed by atoms with Gasteiger partial charge in [-0.25, -0.2) is 0 Å². The number of alkyl halides is 1. The molecule has 0 aliphatic heterocycles. The minimum atomic E-state index is 0.672. The van der Waals surface area contributed by atoms with Gasteiger partial charge in [0.1, 0.15) is 0 Å². The third-order valence-electron chi connectivity index (χ3n) is 2.50. The third-order valence-corrected chi connectivity index (χ3v) is 2.96. The topological polar surface area (TPSA) is 0 Å². The van der Waals surface area contributed by atoms with Crippen LogP contribution in [0, 0.1) is 0 Å². The lowest BCUT2D eigenvalue weighted by Crippen LogP contribution is -1.94. The summed E-state index contributed by atoms with van der Waals surface area (Å²) < 4.78 is 0. The molecule has 0 bridgehead atoms. The highest BCUT2D eigenvalue weighted by Crippen LogP contribution is 2.20. The molecule has 1 aromatic rings. The highest BCUT2D eigenvalue weighted by Gasteiger charge is 2.03. The standard InChI is InChI=1S/C12H17Br/c1-3-11-4-6-12(7-5-11)10(2)8-9-13/h4-7,10H,3,8-9H2,1-2H3. The van der Waals surface area contributed by atoms with Crippen molar-refractivity contribution >= 4 is 15.9 Å². The molecule has 1 unspecified atom stereocenters. The van der Waals surface area contributed by atoms with E-state index in [1.165, 1.54) is 17.5 Å². The number of hydrogen-bond donors (Lipinski definition) is 0. The van der Waals surface area contributed by atoms with Gasteiger partial charge in [0.05, 0.1) is 0 Å². The summed E-state index contributed by atoms with van der Waals surface area (Å²) in [6, 6.07) is 8.98. The van der Waals surface area contributed by atoms with Gasteiger partial charge >= 0.3 is 0 Å². The van der Waals surface area contributed by atoms with E-state index in [2.05, 4.69) is 54.0 Å². The lowest BCUT2D eigenvalue weighted by molar-refractivity contribution is 0.743. The normalized spacial score (nSPS) is 12.8. The van der Waals surface area contributed by atoms with Crippen LogP contribution >= 0.6 is 15.9 Å². The monoisotopic (exact) mass is 240 g/mol. The Morgan fingerprint density at radius 1 is 1.23 bits per heavy atom. The SMILES string of the molecule is CCc1ccc(C(C)CCBr)cc1. The number of rotatable bonds is 4. The molecule has 0 saturated carbocycles. The largest absolute Gasteiger partial charge is 0.0928 e. The quantitative estimate of drug-likeness (QED) is 0.695. The van der Waals surface area contributed by atoms with Crippen LogP contribution in [0.1, 0.15) is 37.3 Å². The summed E-state index contributed by atoms with van der Waals surface area (Å²) in [5.74, 6) is 0.672. The molecule has 0 N–H and O–H groups in total. The Morgan fingerprint density at radius 2 is 1.85 bits per heavy atom. The fraction of sp³-hybridized carbons (Fsp3) is 0.500. The van der Waals surface area contributed by atoms with Gasteiger partial charge in [-0.05, 0) is 29.9 Å². The first-order valence-electron chi connectivity index (χ1n) is 4.92. The van der Waals surface area contributed by atoms with Gasteiger partial charge in [0.15, 0.2) is 0 Å².